The molecule has 0 radical (unpaired) electrons. The first kappa shape index (κ1) is 21.0. The fourth-order valence-corrected chi connectivity index (χ4v) is 3.20. The Bertz CT molecular complexity index is 795. The van der Waals surface area contributed by atoms with Crippen molar-refractivity contribution in [1.29, 1.82) is 0 Å². The Morgan fingerprint density at radius 2 is 2.04 bits per heavy atom. The van der Waals surface area contributed by atoms with Gasteiger partial charge in [0.25, 0.3) is 5.91 Å². The molecule has 7 nitrogen and oxygen atoms in total. The Morgan fingerprint density at radius 3 is 2.56 bits per heavy atom. The number of amides is 1. The summed E-state index contributed by atoms with van der Waals surface area (Å²) in [6, 6.07) is 2.06. The Labute approximate surface area is 160 Å². The van der Waals surface area contributed by atoms with Crippen LogP contribution in [0.3, 0.4) is 0 Å². The number of carbonyl (C=O) groups is 2. The number of nitrogens with one attached hydrogen (secondary N) is 1. The summed E-state index contributed by atoms with van der Waals surface area (Å²) in [6.07, 6.45) is -4.70. The number of nitrogens with zero attached hydrogens (tertiary/aromatic N) is 1. The highest BCUT2D eigenvalue weighted by Gasteiger charge is 2.37. The molecule has 0 aliphatic carbocycles. The van der Waals surface area contributed by atoms with Crippen molar-refractivity contribution in [2.24, 2.45) is 0 Å². The maximum absolute atomic E-state index is 13.3. The lowest BCUT2D eigenvalue weighted by Gasteiger charge is -2.17. The van der Waals surface area contributed by atoms with Gasteiger partial charge < -0.3 is 24.8 Å². The van der Waals surface area contributed by atoms with Gasteiger partial charge in [0, 0.05) is 12.2 Å². The number of methoxy groups -OCH3 is 2. The van der Waals surface area contributed by atoms with E-state index in [2.05, 4.69) is 26.0 Å². The number of rotatable bonds is 6. The van der Waals surface area contributed by atoms with Crippen LogP contribution in [0.15, 0.2) is 27.9 Å². The minimum atomic E-state index is -4.70. The molecule has 1 aliphatic heterocycles. The van der Waals surface area contributed by atoms with Crippen molar-refractivity contribution in [1.82, 2.24) is 4.90 Å². The Hall–Kier alpha value is -2.27. The number of carbonyl (C=O) groups excluding carboxylic acids is 2. The molecule has 1 aromatic carbocycles. The first-order chi connectivity index (χ1) is 12.6. The van der Waals surface area contributed by atoms with E-state index >= 15 is 0 Å². The summed E-state index contributed by atoms with van der Waals surface area (Å²) in [4.78, 5) is 25.6. The van der Waals surface area contributed by atoms with Crippen molar-refractivity contribution >= 4 is 33.5 Å². The second-order valence-corrected chi connectivity index (χ2v) is 6.31. The van der Waals surface area contributed by atoms with Gasteiger partial charge in [0.05, 0.1) is 37.4 Å². The van der Waals surface area contributed by atoms with Gasteiger partial charge in [-0.1, -0.05) is 0 Å². The largest absolute Gasteiger partial charge is 0.495 e. The maximum atomic E-state index is 13.3. The van der Waals surface area contributed by atoms with E-state index in [9.17, 15) is 22.8 Å². The van der Waals surface area contributed by atoms with Gasteiger partial charge in [-0.25, -0.2) is 4.79 Å². The lowest BCUT2D eigenvalue weighted by atomic mass is 10.1. The maximum Gasteiger partial charge on any atom is 0.420 e. The summed E-state index contributed by atoms with van der Waals surface area (Å²) >= 11 is 3.01. The molecule has 0 bridgehead atoms. The zero-order chi connectivity index (χ0) is 20.4. The predicted molar refractivity (Wildman–Crippen MR) is 92.0 cm³/mol. The second-order valence-electron chi connectivity index (χ2n) is 5.46. The Kier molecular flexibility index (Phi) is 6.37. The summed E-state index contributed by atoms with van der Waals surface area (Å²) in [5.41, 5.74) is -1.39. The van der Waals surface area contributed by atoms with Gasteiger partial charge >= 0.3 is 12.1 Å². The molecule has 0 saturated heterocycles. The molecule has 2 rings (SSSR count). The van der Waals surface area contributed by atoms with Crippen LogP contribution in [-0.4, -0.2) is 55.8 Å². The van der Waals surface area contributed by atoms with Crippen molar-refractivity contribution in [2.45, 2.75) is 6.18 Å². The van der Waals surface area contributed by atoms with Crippen LogP contribution in [0, 0.1) is 0 Å². The molecule has 0 saturated carbocycles. The third-order valence-corrected chi connectivity index (χ3v) is 4.37. The molecular formula is C16H16BrF3N2O5. The standard InChI is InChI=1S/C16H16BrF3N2O5/c1-26-13-10(16(18,19)20)5-8(6-11(13)17)21-12-9(15(25)27-2)7-22(3-4-23)14(12)24/h5-6,21,23H,3-4,7H2,1-2H3. The molecule has 0 unspecified atom stereocenters. The highest BCUT2D eigenvalue weighted by atomic mass is 79.9. The molecule has 1 aromatic rings. The van der Waals surface area contributed by atoms with Crippen LogP contribution < -0.4 is 10.1 Å². The van der Waals surface area contributed by atoms with E-state index in [-0.39, 0.29) is 41.1 Å². The number of halogens is 4. The number of hydrogen-bond acceptors (Lipinski definition) is 6. The summed E-state index contributed by atoms with van der Waals surface area (Å²) < 4.78 is 49.3. The summed E-state index contributed by atoms with van der Waals surface area (Å²) in [6.45, 7) is -0.498. The van der Waals surface area contributed by atoms with Crippen molar-refractivity contribution in [3.05, 3.63) is 33.4 Å². The van der Waals surface area contributed by atoms with Crippen LogP contribution in [0.25, 0.3) is 0 Å². The predicted octanol–water partition coefficient (Wildman–Crippen LogP) is 2.15. The number of benzene rings is 1. The molecule has 27 heavy (non-hydrogen) atoms. The number of aliphatic hydroxyl groups is 1. The van der Waals surface area contributed by atoms with Crippen LogP contribution in [0.1, 0.15) is 5.56 Å². The molecule has 0 spiro atoms. The molecule has 148 valence electrons. The molecule has 0 aromatic heterocycles. The highest BCUT2D eigenvalue weighted by molar-refractivity contribution is 9.10. The van der Waals surface area contributed by atoms with Crippen LogP contribution in [0.5, 0.6) is 5.75 Å². The SMILES string of the molecule is COC(=O)C1=C(Nc2cc(Br)c(OC)c(C(F)(F)F)c2)C(=O)N(CCO)C1. The number of anilines is 1. The molecule has 1 aliphatic rings. The number of β-amino-alcohol motifs (C(OH)–C–C–N with tert-alkyl or cyclic N) is 1. The molecule has 2 N–H and O–H groups in total. The minimum Gasteiger partial charge on any atom is -0.495 e. The fraction of sp³-hybridized carbons (Fsp3) is 0.375. The topological polar surface area (TPSA) is 88.1 Å². The number of esters is 1. The Balaban J connectivity index is 2.48. The zero-order valence-corrected chi connectivity index (χ0v) is 15.9. The normalized spacial score (nSPS) is 14.6. The van der Waals surface area contributed by atoms with Gasteiger partial charge in [-0.15, -0.1) is 0 Å². The third-order valence-electron chi connectivity index (χ3n) is 3.78. The van der Waals surface area contributed by atoms with Crippen molar-refractivity contribution in [3.8, 4) is 5.75 Å². The van der Waals surface area contributed by atoms with Crippen molar-refractivity contribution in [3.63, 3.8) is 0 Å². The smallest absolute Gasteiger partial charge is 0.420 e. The molecule has 0 fully saturated rings. The van der Waals surface area contributed by atoms with Gasteiger partial charge in [-0.2, -0.15) is 13.2 Å². The van der Waals surface area contributed by atoms with Crippen LogP contribution in [-0.2, 0) is 20.5 Å². The van der Waals surface area contributed by atoms with Gasteiger partial charge in [0.2, 0.25) is 0 Å². The minimum absolute atomic E-state index is 0.0141. The molecule has 1 amide bonds. The summed E-state index contributed by atoms with van der Waals surface area (Å²) in [7, 11) is 2.23. The van der Waals surface area contributed by atoms with E-state index in [1.54, 1.807) is 0 Å². The van der Waals surface area contributed by atoms with E-state index in [4.69, 9.17) is 9.84 Å². The Morgan fingerprint density at radius 1 is 1.37 bits per heavy atom. The van der Waals surface area contributed by atoms with Crippen molar-refractivity contribution < 1.29 is 37.3 Å². The zero-order valence-electron chi connectivity index (χ0n) is 14.3. The van der Waals surface area contributed by atoms with E-state index in [0.29, 0.717) is 0 Å². The van der Waals surface area contributed by atoms with E-state index in [0.717, 1.165) is 20.3 Å². The average Bonchev–Trinajstić information content (AvgIpc) is 2.90. The number of hydrogen-bond donors (Lipinski definition) is 2. The second kappa shape index (κ2) is 8.17. The first-order valence-corrected chi connectivity index (χ1v) is 8.36. The lowest BCUT2D eigenvalue weighted by Crippen LogP contribution is -2.31. The highest BCUT2D eigenvalue weighted by Crippen LogP contribution is 2.42. The summed E-state index contributed by atoms with van der Waals surface area (Å²) in [5.74, 6) is -1.84. The number of aliphatic hydroxyl groups excluding tert-OH is 1. The van der Waals surface area contributed by atoms with E-state index in [1.165, 1.54) is 11.0 Å². The molecular weight excluding hydrogens is 437 g/mol. The van der Waals surface area contributed by atoms with E-state index < -0.39 is 29.4 Å². The monoisotopic (exact) mass is 452 g/mol. The van der Waals surface area contributed by atoms with Crippen LogP contribution in [0.2, 0.25) is 0 Å². The van der Waals surface area contributed by atoms with Gasteiger partial charge in [-0.3, -0.25) is 4.79 Å². The third kappa shape index (κ3) is 4.35. The van der Waals surface area contributed by atoms with E-state index in [1.807, 2.05) is 0 Å². The average molecular weight is 453 g/mol. The van der Waals surface area contributed by atoms with Gasteiger partial charge in [0.1, 0.15) is 17.0 Å². The van der Waals surface area contributed by atoms with Gasteiger partial charge in [-0.05, 0) is 28.1 Å². The fourth-order valence-electron chi connectivity index (χ4n) is 2.58. The van der Waals surface area contributed by atoms with Gasteiger partial charge in [0.15, 0.2) is 0 Å². The number of alkyl halides is 3. The van der Waals surface area contributed by atoms with Crippen molar-refractivity contribution in [2.75, 3.05) is 39.2 Å². The van der Waals surface area contributed by atoms with Crippen LogP contribution >= 0.6 is 15.9 Å². The lowest BCUT2D eigenvalue weighted by molar-refractivity contribution is -0.139. The summed E-state index contributed by atoms with van der Waals surface area (Å²) in [5, 5.41) is 11.6. The molecule has 11 heteroatoms. The number of ether oxygens (including phenoxy) is 2. The quantitative estimate of drug-likeness (QED) is 0.643. The first-order valence-electron chi connectivity index (χ1n) is 7.57. The molecule has 0 atom stereocenters. The van der Waals surface area contributed by atoms with Crippen LogP contribution in [0.4, 0.5) is 18.9 Å². The molecule has 1 heterocycles.